The van der Waals surface area contributed by atoms with Gasteiger partial charge in [0.2, 0.25) is 5.91 Å². The molecule has 6 nitrogen and oxygen atoms in total. The number of carbonyl (C=O) groups is 1. The molecule has 2 N–H and O–H groups in total. The van der Waals surface area contributed by atoms with Gasteiger partial charge in [-0.25, -0.2) is 0 Å². The van der Waals surface area contributed by atoms with Crippen molar-refractivity contribution < 1.29 is 4.79 Å². The molecule has 0 bridgehead atoms. The highest BCUT2D eigenvalue weighted by Gasteiger charge is 2.25. The molecule has 120 valence electrons. The molecular weight excluding hydrogens is 322 g/mol. The van der Waals surface area contributed by atoms with Gasteiger partial charge in [-0.1, -0.05) is 6.07 Å². The molecule has 1 fully saturated rings. The average molecular weight is 342 g/mol. The van der Waals surface area contributed by atoms with Crippen LogP contribution in [0.5, 0.6) is 0 Å². The molecule has 0 spiro atoms. The summed E-state index contributed by atoms with van der Waals surface area (Å²) in [6.45, 7) is 2.35. The normalized spacial score (nSPS) is 19.4. The second kappa shape index (κ2) is 7.82. The van der Waals surface area contributed by atoms with E-state index in [-0.39, 0.29) is 18.3 Å². The molecule has 1 amide bonds. The Morgan fingerprint density at radius 3 is 3.14 bits per heavy atom. The lowest BCUT2D eigenvalue weighted by Crippen LogP contribution is -2.41. The monoisotopic (exact) mass is 341 g/mol. The summed E-state index contributed by atoms with van der Waals surface area (Å²) in [7, 11) is 1.95. The molecule has 1 unspecified atom stereocenters. The molecule has 8 heteroatoms. The lowest BCUT2D eigenvalue weighted by Gasteiger charge is -2.23. The molecule has 1 atom stereocenters. The van der Waals surface area contributed by atoms with Crippen LogP contribution in [0, 0.1) is 0 Å². The third-order valence-corrected chi connectivity index (χ3v) is 4.39. The number of halogens is 1. The number of carbonyl (C=O) groups excluding carboxylic acids is 1. The number of benzene rings is 1. The van der Waals surface area contributed by atoms with Gasteiger partial charge < -0.3 is 10.6 Å². The molecule has 1 saturated heterocycles. The van der Waals surface area contributed by atoms with Crippen LogP contribution in [-0.2, 0) is 16.1 Å². The molecule has 0 saturated carbocycles. The minimum absolute atomic E-state index is 0. The summed E-state index contributed by atoms with van der Waals surface area (Å²) in [4.78, 5) is 14.5. The van der Waals surface area contributed by atoms with Gasteiger partial charge in [-0.15, -0.1) is 12.4 Å². The van der Waals surface area contributed by atoms with Crippen LogP contribution in [0.2, 0.25) is 0 Å². The SMILES string of the molecule is CNCC1CCCN1CC(=O)Nc1cccc2c1N=S=N2.Cl. The maximum Gasteiger partial charge on any atom is 0.238 e. The number of nitrogens with zero attached hydrogens (tertiary/aromatic N) is 3. The average Bonchev–Trinajstić information content (AvgIpc) is 3.09. The highest BCUT2D eigenvalue weighted by molar-refractivity contribution is 7.58. The second-order valence-corrected chi connectivity index (χ2v) is 5.84. The number of anilines is 1. The van der Waals surface area contributed by atoms with Crippen LogP contribution < -0.4 is 10.6 Å². The van der Waals surface area contributed by atoms with Crippen molar-refractivity contribution in [1.82, 2.24) is 10.2 Å². The maximum atomic E-state index is 12.3. The molecule has 22 heavy (non-hydrogen) atoms. The molecule has 0 radical (unpaired) electrons. The third kappa shape index (κ3) is 3.73. The van der Waals surface area contributed by atoms with Gasteiger partial charge in [-0.05, 0) is 38.6 Å². The van der Waals surface area contributed by atoms with Crippen LogP contribution in [0.15, 0.2) is 26.9 Å². The summed E-state index contributed by atoms with van der Waals surface area (Å²) in [5.74, 6) is 0.0125. The van der Waals surface area contributed by atoms with Crippen LogP contribution >= 0.6 is 12.4 Å². The minimum atomic E-state index is 0. The Labute approximate surface area is 140 Å². The van der Waals surface area contributed by atoms with E-state index >= 15 is 0 Å². The Bertz CT molecular complexity index is 617. The van der Waals surface area contributed by atoms with Crippen molar-refractivity contribution in [3.63, 3.8) is 0 Å². The van der Waals surface area contributed by atoms with Gasteiger partial charge in [0.25, 0.3) is 0 Å². The molecule has 2 aliphatic rings. The number of hydrogen-bond donors (Lipinski definition) is 2. The van der Waals surface area contributed by atoms with Crippen LogP contribution in [0.25, 0.3) is 0 Å². The van der Waals surface area contributed by atoms with Crippen LogP contribution in [0.3, 0.4) is 0 Å². The smallest absolute Gasteiger partial charge is 0.238 e. The van der Waals surface area contributed by atoms with Crippen LogP contribution in [0.4, 0.5) is 17.1 Å². The van der Waals surface area contributed by atoms with E-state index < -0.39 is 0 Å². The summed E-state index contributed by atoms with van der Waals surface area (Å²) in [6.07, 6.45) is 2.31. The van der Waals surface area contributed by atoms with E-state index in [4.69, 9.17) is 0 Å². The van der Waals surface area contributed by atoms with E-state index in [0.29, 0.717) is 12.6 Å². The summed E-state index contributed by atoms with van der Waals surface area (Å²) >= 11 is 1.16. The van der Waals surface area contributed by atoms with Gasteiger partial charge in [0.15, 0.2) is 0 Å². The Balaban J connectivity index is 0.00000176. The number of amides is 1. The molecule has 0 aromatic heterocycles. The molecule has 2 heterocycles. The Kier molecular flexibility index (Phi) is 6.07. The summed E-state index contributed by atoms with van der Waals surface area (Å²) in [5.41, 5.74) is 2.34. The van der Waals surface area contributed by atoms with Crippen molar-refractivity contribution in [3.05, 3.63) is 18.2 Å². The summed E-state index contributed by atoms with van der Waals surface area (Å²) < 4.78 is 8.43. The number of hydrogen-bond acceptors (Lipinski definition) is 5. The molecule has 3 rings (SSSR count). The maximum absolute atomic E-state index is 12.3. The van der Waals surface area contributed by atoms with Gasteiger partial charge in [-0.3, -0.25) is 9.69 Å². The Hall–Kier alpha value is -1.28. The number of fused-ring (bicyclic) bond motifs is 1. The largest absolute Gasteiger partial charge is 0.323 e. The predicted octanol–water partition coefficient (Wildman–Crippen LogP) is 2.46. The first kappa shape index (κ1) is 17.1. The van der Waals surface area contributed by atoms with Crippen molar-refractivity contribution in [2.45, 2.75) is 18.9 Å². The Morgan fingerprint density at radius 2 is 2.32 bits per heavy atom. The third-order valence-electron chi connectivity index (χ3n) is 3.85. The van der Waals surface area contributed by atoms with Gasteiger partial charge in [-0.2, -0.15) is 8.73 Å². The molecule has 1 aromatic carbocycles. The number of likely N-dealkylation sites (N-methyl/N-ethyl adjacent to an activating group) is 1. The first-order chi connectivity index (χ1) is 10.3. The standard InChI is InChI=1S/C14H19N5OS.ClH/c1-15-8-10-4-3-7-19(10)9-13(20)16-11-5-2-6-12-14(11)18-21-17-12;/h2,5-6,10,15H,3-4,7-9H2,1H3,(H,16,20);1H. The van der Waals surface area contributed by atoms with Crippen molar-refractivity contribution in [1.29, 1.82) is 0 Å². The van der Waals surface area contributed by atoms with E-state index in [2.05, 4.69) is 24.3 Å². The van der Waals surface area contributed by atoms with E-state index in [1.807, 2.05) is 25.2 Å². The van der Waals surface area contributed by atoms with Crippen LogP contribution in [-0.4, -0.2) is 43.5 Å². The first-order valence-corrected chi connectivity index (χ1v) is 7.91. The summed E-state index contributed by atoms with van der Waals surface area (Å²) in [6, 6.07) is 6.12. The van der Waals surface area contributed by atoms with E-state index in [9.17, 15) is 4.79 Å². The zero-order valence-corrected chi connectivity index (χ0v) is 14.0. The highest BCUT2D eigenvalue weighted by atomic mass is 35.5. The van der Waals surface area contributed by atoms with Crippen molar-refractivity contribution >= 4 is 46.7 Å². The zero-order chi connectivity index (χ0) is 14.7. The number of likely N-dealkylation sites (tertiary alicyclic amines) is 1. The van der Waals surface area contributed by atoms with E-state index in [0.717, 1.165) is 54.3 Å². The van der Waals surface area contributed by atoms with Gasteiger partial charge >= 0.3 is 0 Å². The van der Waals surface area contributed by atoms with Gasteiger partial charge in [0.1, 0.15) is 11.4 Å². The Morgan fingerprint density at radius 1 is 1.45 bits per heavy atom. The predicted molar refractivity (Wildman–Crippen MR) is 92.4 cm³/mol. The van der Waals surface area contributed by atoms with Crippen molar-refractivity contribution in [2.75, 3.05) is 32.0 Å². The molecular formula is C14H20ClN5OS. The second-order valence-electron chi connectivity index (χ2n) is 5.31. The van der Waals surface area contributed by atoms with Crippen molar-refractivity contribution in [3.8, 4) is 0 Å². The highest BCUT2D eigenvalue weighted by Crippen LogP contribution is 2.38. The number of rotatable bonds is 5. The molecule has 1 aromatic rings. The molecule has 0 aliphatic carbocycles. The lowest BCUT2D eigenvalue weighted by atomic mass is 10.2. The van der Waals surface area contributed by atoms with Gasteiger partial charge in [0.05, 0.1) is 23.6 Å². The quantitative estimate of drug-likeness (QED) is 0.877. The van der Waals surface area contributed by atoms with E-state index in [1.165, 1.54) is 0 Å². The van der Waals surface area contributed by atoms with Crippen molar-refractivity contribution in [2.24, 2.45) is 8.73 Å². The van der Waals surface area contributed by atoms with Crippen LogP contribution in [0.1, 0.15) is 12.8 Å². The lowest BCUT2D eigenvalue weighted by molar-refractivity contribution is -0.117. The fourth-order valence-electron chi connectivity index (χ4n) is 2.85. The topological polar surface area (TPSA) is 69.1 Å². The number of nitrogens with one attached hydrogen (secondary N) is 2. The first-order valence-electron chi connectivity index (χ1n) is 7.17. The summed E-state index contributed by atoms with van der Waals surface area (Å²) in [5, 5.41) is 6.16. The molecule has 2 aliphatic heterocycles. The van der Waals surface area contributed by atoms with Gasteiger partial charge in [0, 0.05) is 12.6 Å². The fourth-order valence-corrected chi connectivity index (χ4v) is 3.40. The van der Waals surface area contributed by atoms with E-state index in [1.54, 1.807) is 0 Å². The fraction of sp³-hybridized carbons (Fsp3) is 0.500. The zero-order valence-electron chi connectivity index (χ0n) is 12.4. The minimum Gasteiger partial charge on any atom is -0.323 e.